The predicted octanol–water partition coefficient (Wildman–Crippen LogP) is 1.90. The van der Waals surface area contributed by atoms with Crippen LogP contribution in [0.4, 0.5) is 0 Å². The van der Waals surface area contributed by atoms with Crippen molar-refractivity contribution in [3.05, 3.63) is 23.8 Å². The molecule has 0 N–H and O–H groups in total. The molecule has 0 aromatic heterocycles. The SMILES string of the molecule is CCOC(=O)C1CCCN(C(=O)CN(C)C(=O)CCc2ccc(OC)c(OC)c2)C1. The summed E-state index contributed by atoms with van der Waals surface area (Å²) in [6.07, 6.45) is 2.30. The van der Waals surface area contributed by atoms with Crippen molar-refractivity contribution in [3.8, 4) is 11.5 Å². The van der Waals surface area contributed by atoms with Crippen molar-refractivity contribution in [1.29, 1.82) is 0 Å². The van der Waals surface area contributed by atoms with Crippen molar-refractivity contribution in [3.63, 3.8) is 0 Å². The second kappa shape index (κ2) is 11.4. The van der Waals surface area contributed by atoms with E-state index in [4.69, 9.17) is 14.2 Å². The van der Waals surface area contributed by atoms with E-state index in [1.165, 1.54) is 4.90 Å². The first kappa shape index (κ1) is 23.5. The number of methoxy groups -OCH3 is 2. The van der Waals surface area contributed by atoms with Crippen molar-refractivity contribution in [2.45, 2.75) is 32.6 Å². The first-order valence-electron chi connectivity index (χ1n) is 10.3. The maximum absolute atomic E-state index is 12.6. The van der Waals surface area contributed by atoms with Gasteiger partial charge in [0.25, 0.3) is 0 Å². The fraction of sp³-hybridized carbons (Fsp3) is 0.591. The third-order valence-corrected chi connectivity index (χ3v) is 5.27. The average Bonchev–Trinajstić information content (AvgIpc) is 2.77. The van der Waals surface area contributed by atoms with Crippen LogP contribution in [0.3, 0.4) is 0 Å². The van der Waals surface area contributed by atoms with E-state index in [0.717, 1.165) is 18.4 Å². The number of rotatable bonds is 9. The molecule has 0 radical (unpaired) electrons. The Kier molecular flexibility index (Phi) is 8.95. The first-order chi connectivity index (χ1) is 14.4. The third-order valence-electron chi connectivity index (χ3n) is 5.27. The van der Waals surface area contributed by atoms with Crippen LogP contribution in [0, 0.1) is 5.92 Å². The maximum Gasteiger partial charge on any atom is 0.310 e. The van der Waals surface area contributed by atoms with E-state index in [1.807, 2.05) is 18.2 Å². The number of aryl methyl sites for hydroxylation is 1. The number of esters is 1. The van der Waals surface area contributed by atoms with Gasteiger partial charge < -0.3 is 24.0 Å². The van der Waals surface area contributed by atoms with Gasteiger partial charge in [-0.05, 0) is 43.9 Å². The number of ether oxygens (including phenoxy) is 3. The highest BCUT2D eigenvalue weighted by molar-refractivity contribution is 5.85. The smallest absolute Gasteiger partial charge is 0.310 e. The number of piperidine rings is 1. The van der Waals surface area contributed by atoms with Crippen molar-refractivity contribution >= 4 is 17.8 Å². The molecule has 30 heavy (non-hydrogen) atoms. The summed E-state index contributed by atoms with van der Waals surface area (Å²) in [6.45, 7) is 3.06. The second-order valence-electron chi connectivity index (χ2n) is 7.37. The zero-order valence-electron chi connectivity index (χ0n) is 18.3. The Balaban J connectivity index is 1.84. The Morgan fingerprint density at radius 2 is 1.90 bits per heavy atom. The minimum atomic E-state index is -0.284. The van der Waals surface area contributed by atoms with Gasteiger partial charge in [0, 0.05) is 26.6 Å². The van der Waals surface area contributed by atoms with Gasteiger partial charge in [0.1, 0.15) is 0 Å². The number of hydrogen-bond acceptors (Lipinski definition) is 6. The molecule has 2 rings (SSSR count). The number of amides is 2. The molecule has 0 aliphatic carbocycles. The molecule has 1 saturated heterocycles. The van der Waals surface area contributed by atoms with Gasteiger partial charge in [-0.15, -0.1) is 0 Å². The van der Waals surface area contributed by atoms with E-state index in [0.29, 0.717) is 37.6 Å². The maximum atomic E-state index is 12.6. The van der Waals surface area contributed by atoms with Gasteiger partial charge in [0.2, 0.25) is 11.8 Å². The predicted molar refractivity (Wildman–Crippen MR) is 111 cm³/mol. The molecule has 0 spiro atoms. The Hall–Kier alpha value is -2.77. The van der Waals surface area contributed by atoms with Crippen molar-refractivity contribution in [2.24, 2.45) is 5.92 Å². The van der Waals surface area contributed by atoms with Gasteiger partial charge in [0.05, 0.1) is 33.3 Å². The number of likely N-dealkylation sites (tertiary alicyclic amines) is 1. The monoisotopic (exact) mass is 420 g/mol. The summed E-state index contributed by atoms with van der Waals surface area (Å²) in [5.74, 6) is 0.455. The molecular formula is C22H32N2O6. The van der Waals surface area contributed by atoms with Crippen LogP contribution in [0.1, 0.15) is 31.7 Å². The fourth-order valence-electron chi connectivity index (χ4n) is 3.53. The molecule has 1 atom stereocenters. The van der Waals surface area contributed by atoms with E-state index < -0.39 is 0 Å². The molecule has 1 aromatic rings. The van der Waals surface area contributed by atoms with Gasteiger partial charge in [0.15, 0.2) is 11.5 Å². The van der Waals surface area contributed by atoms with Gasteiger partial charge >= 0.3 is 5.97 Å². The molecule has 8 nitrogen and oxygen atoms in total. The number of nitrogens with zero attached hydrogens (tertiary/aromatic N) is 2. The average molecular weight is 421 g/mol. The van der Waals surface area contributed by atoms with Crippen LogP contribution in [0.5, 0.6) is 11.5 Å². The molecule has 2 amide bonds. The zero-order valence-corrected chi connectivity index (χ0v) is 18.3. The lowest BCUT2D eigenvalue weighted by Crippen LogP contribution is -2.47. The summed E-state index contributed by atoms with van der Waals surface area (Å²) in [6, 6.07) is 5.55. The highest BCUT2D eigenvalue weighted by Gasteiger charge is 2.30. The molecule has 1 aliphatic rings. The van der Waals surface area contributed by atoms with Crippen LogP contribution in [0.2, 0.25) is 0 Å². The number of benzene rings is 1. The van der Waals surface area contributed by atoms with E-state index in [1.54, 1.807) is 33.1 Å². The number of likely N-dealkylation sites (N-methyl/N-ethyl adjacent to an activating group) is 1. The molecule has 166 valence electrons. The summed E-state index contributed by atoms with van der Waals surface area (Å²) in [5, 5.41) is 0. The topological polar surface area (TPSA) is 85.4 Å². The molecular weight excluding hydrogens is 388 g/mol. The standard InChI is InChI=1S/C22H32N2O6/c1-5-30-22(27)17-7-6-12-24(14-17)21(26)15-23(2)20(25)11-9-16-8-10-18(28-3)19(13-16)29-4/h8,10,13,17H,5-7,9,11-12,14-15H2,1-4H3. The Morgan fingerprint density at radius 1 is 1.17 bits per heavy atom. The summed E-state index contributed by atoms with van der Waals surface area (Å²) < 4.78 is 15.6. The van der Waals surface area contributed by atoms with Crippen LogP contribution in [0.25, 0.3) is 0 Å². The van der Waals surface area contributed by atoms with Gasteiger partial charge in [-0.1, -0.05) is 6.07 Å². The van der Waals surface area contributed by atoms with Crippen LogP contribution in [-0.4, -0.2) is 75.1 Å². The lowest BCUT2D eigenvalue weighted by Gasteiger charge is -2.32. The first-order valence-corrected chi connectivity index (χ1v) is 10.3. The fourth-order valence-corrected chi connectivity index (χ4v) is 3.53. The van der Waals surface area contributed by atoms with Crippen LogP contribution in [0.15, 0.2) is 18.2 Å². The third kappa shape index (κ3) is 6.37. The second-order valence-corrected chi connectivity index (χ2v) is 7.37. The van der Waals surface area contributed by atoms with Crippen LogP contribution in [-0.2, 0) is 25.5 Å². The van der Waals surface area contributed by atoms with E-state index in [-0.39, 0.29) is 36.7 Å². The van der Waals surface area contributed by atoms with E-state index >= 15 is 0 Å². The lowest BCUT2D eigenvalue weighted by molar-refractivity contribution is -0.152. The highest BCUT2D eigenvalue weighted by Crippen LogP contribution is 2.28. The molecule has 1 aromatic carbocycles. The summed E-state index contributed by atoms with van der Waals surface area (Å²) in [7, 11) is 4.77. The zero-order chi connectivity index (χ0) is 22.1. The number of carbonyl (C=O) groups excluding carboxylic acids is 3. The van der Waals surface area contributed by atoms with Gasteiger partial charge in [-0.2, -0.15) is 0 Å². The molecule has 1 unspecified atom stereocenters. The van der Waals surface area contributed by atoms with Gasteiger partial charge in [-0.25, -0.2) is 0 Å². The van der Waals surface area contributed by atoms with Gasteiger partial charge in [-0.3, -0.25) is 14.4 Å². The Morgan fingerprint density at radius 3 is 2.57 bits per heavy atom. The van der Waals surface area contributed by atoms with Crippen LogP contribution < -0.4 is 9.47 Å². The molecule has 1 fully saturated rings. The van der Waals surface area contributed by atoms with Crippen molar-refractivity contribution in [1.82, 2.24) is 9.80 Å². The molecule has 0 bridgehead atoms. The molecule has 0 saturated carbocycles. The quantitative estimate of drug-likeness (QED) is 0.567. The van der Waals surface area contributed by atoms with Crippen molar-refractivity contribution < 1.29 is 28.6 Å². The van der Waals surface area contributed by atoms with E-state index in [9.17, 15) is 14.4 Å². The normalized spacial score (nSPS) is 16.0. The Labute approximate surface area is 178 Å². The summed E-state index contributed by atoms with van der Waals surface area (Å²) in [5.41, 5.74) is 0.953. The van der Waals surface area contributed by atoms with Crippen LogP contribution >= 0.6 is 0 Å². The summed E-state index contributed by atoms with van der Waals surface area (Å²) in [4.78, 5) is 40.2. The van der Waals surface area contributed by atoms with Crippen molar-refractivity contribution in [2.75, 3.05) is 47.5 Å². The summed E-state index contributed by atoms with van der Waals surface area (Å²) >= 11 is 0. The highest BCUT2D eigenvalue weighted by atomic mass is 16.5. The molecule has 1 aliphatic heterocycles. The minimum absolute atomic E-state index is 0.000310. The lowest BCUT2D eigenvalue weighted by atomic mass is 9.98. The molecule has 8 heteroatoms. The number of hydrogen-bond donors (Lipinski definition) is 0. The molecule has 1 heterocycles. The minimum Gasteiger partial charge on any atom is -0.493 e. The largest absolute Gasteiger partial charge is 0.493 e. The van der Waals surface area contributed by atoms with E-state index in [2.05, 4.69) is 0 Å². The number of carbonyl (C=O) groups is 3. The Bertz CT molecular complexity index is 751.